The highest BCUT2D eigenvalue weighted by Gasteiger charge is 2.00. The molecular formula is C9H12N4. The number of benzene rings is 1. The van der Waals surface area contributed by atoms with Gasteiger partial charge in [-0.05, 0) is 26.2 Å². The summed E-state index contributed by atoms with van der Waals surface area (Å²) in [7, 11) is 3.99. The highest BCUT2D eigenvalue weighted by Crippen LogP contribution is 2.06. The maximum atomic E-state index is 4.32. The first-order valence-electron chi connectivity index (χ1n) is 4.20. The van der Waals surface area contributed by atoms with Crippen molar-refractivity contribution in [1.29, 1.82) is 0 Å². The van der Waals surface area contributed by atoms with Gasteiger partial charge in [-0.1, -0.05) is 12.1 Å². The van der Waals surface area contributed by atoms with E-state index in [1.807, 2.05) is 43.3 Å². The summed E-state index contributed by atoms with van der Waals surface area (Å²) in [4.78, 5) is 3.73. The van der Waals surface area contributed by atoms with E-state index in [1.54, 1.807) is 4.80 Å². The zero-order chi connectivity index (χ0) is 9.26. The average molecular weight is 176 g/mol. The second-order valence-corrected chi connectivity index (χ2v) is 3.28. The van der Waals surface area contributed by atoms with Crippen molar-refractivity contribution in [2.75, 3.05) is 14.1 Å². The van der Waals surface area contributed by atoms with Gasteiger partial charge in [-0.3, -0.25) is 4.90 Å². The Hall–Kier alpha value is -1.42. The summed E-state index contributed by atoms with van der Waals surface area (Å²) in [5, 5.41) is 8.63. The standard InChI is InChI=1S/C9H12N4/c1-12(2)7-13-10-8-5-3-4-6-9(8)11-13/h3-6H,7H2,1-2H3. The Morgan fingerprint density at radius 2 is 1.69 bits per heavy atom. The number of fused-ring (bicyclic) bond motifs is 1. The summed E-state index contributed by atoms with van der Waals surface area (Å²) in [5.74, 6) is 0. The molecule has 1 heterocycles. The fraction of sp³-hybridized carbons (Fsp3) is 0.333. The Bertz CT molecular complexity index is 372. The van der Waals surface area contributed by atoms with Crippen molar-refractivity contribution < 1.29 is 0 Å². The zero-order valence-corrected chi connectivity index (χ0v) is 7.81. The predicted molar refractivity (Wildman–Crippen MR) is 51.2 cm³/mol. The highest BCUT2D eigenvalue weighted by molar-refractivity contribution is 5.72. The predicted octanol–water partition coefficient (Wildman–Crippen LogP) is 0.950. The Kier molecular flexibility index (Phi) is 1.98. The van der Waals surface area contributed by atoms with Gasteiger partial charge in [-0.2, -0.15) is 15.0 Å². The van der Waals surface area contributed by atoms with Crippen LogP contribution in [-0.2, 0) is 6.67 Å². The lowest BCUT2D eigenvalue weighted by Crippen LogP contribution is -2.18. The fourth-order valence-electron chi connectivity index (χ4n) is 1.22. The molecule has 0 saturated carbocycles. The lowest BCUT2D eigenvalue weighted by atomic mass is 10.3. The van der Waals surface area contributed by atoms with E-state index in [2.05, 4.69) is 10.2 Å². The van der Waals surface area contributed by atoms with Gasteiger partial charge in [0.1, 0.15) is 17.7 Å². The summed E-state index contributed by atoms with van der Waals surface area (Å²) in [6.45, 7) is 0.717. The van der Waals surface area contributed by atoms with Gasteiger partial charge < -0.3 is 0 Å². The van der Waals surface area contributed by atoms with E-state index in [0.717, 1.165) is 11.0 Å². The normalized spacial score (nSPS) is 11.3. The zero-order valence-electron chi connectivity index (χ0n) is 7.81. The molecule has 0 amide bonds. The van der Waals surface area contributed by atoms with Gasteiger partial charge in [-0.25, -0.2) is 0 Å². The van der Waals surface area contributed by atoms with E-state index in [-0.39, 0.29) is 0 Å². The van der Waals surface area contributed by atoms with Gasteiger partial charge in [0.2, 0.25) is 0 Å². The molecule has 2 aromatic rings. The van der Waals surface area contributed by atoms with E-state index >= 15 is 0 Å². The van der Waals surface area contributed by atoms with E-state index in [1.165, 1.54) is 0 Å². The van der Waals surface area contributed by atoms with Crippen molar-refractivity contribution in [2.24, 2.45) is 0 Å². The summed E-state index contributed by atoms with van der Waals surface area (Å²) < 4.78 is 0. The average Bonchev–Trinajstić information content (AvgIpc) is 2.44. The largest absolute Gasteiger partial charge is 0.289 e. The fourth-order valence-corrected chi connectivity index (χ4v) is 1.22. The number of hydrogen-bond donors (Lipinski definition) is 0. The van der Waals surface area contributed by atoms with Gasteiger partial charge in [-0.15, -0.1) is 0 Å². The van der Waals surface area contributed by atoms with Crippen LogP contribution in [0.25, 0.3) is 11.0 Å². The van der Waals surface area contributed by atoms with Crippen LogP contribution in [0, 0.1) is 0 Å². The molecule has 0 radical (unpaired) electrons. The molecule has 0 N–H and O–H groups in total. The molecule has 68 valence electrons. The third kappa shape index (κ3) is 1.67. The maximum absolute atomic E-state index is 4.32. The Morgan fingerprint density at radius 1 is 1.15 bits per heavy atom. The van der Waals surface area contributed by atoms with Gasteiger partial charge in [0, 0.05) is 0 Å². The van der Waals surface area contributed by atoms with Crippen LogP contribution in [0.15, 0.2) is 24.3 Å². The topological polar surface area (TPSA) is 34.0 Å². The molecule has 1 aromatic heterocycles. The molecule has 0 aliphatic heterocycles. The summed E-state index contributed by atoms with van der Waals surface area (Å²) in [5.41, 5.74) is 1.90. The molecule has 4 nitrogen and oxygen atoms in total. The van der Waals surface area contributed by atoms with Crippen molar-refractivity contribution >= 4 is 11.0 Å². The van der Waals surface area contributed by atoms with Crippen molar-refractivity contribution in [2.45, 2.75) is 6.67 Å². The van der Waals surface area contributed by atoms with Crippen molar-refractivity contribution in [3.8, 4) is 0 Å². The second-order valence-electron chi connectivity index (χ2n) is 3.28. The van der Waals surface area contributed by atoms with Crippen LogP contribution in [0.5, 0.6) is 0 Å². The minimum absolute atomic E-state index is 0.717. The van der Waals surface area contributed by atoms with Crippen molar-refractivity contribution in [1.82, 2.24) is 19.9 Å². The van der Waals surface area contributed by atoms with Crippen LogP contribution in [0.4, 0.5) is 0 Å². The van der Waals surface area contributed by atoms with E-state index < -0.39 is 0 Å². The lowest BCUT2D eigenvalue weighted by molar-refractivity contribution is 0.286. The molecule has 0 aliphatic carbocycles. The summed E-state index contributed by atoms with van der Waals surface area (Å²) in [6, 6.07) is 7.87. The highest BCUT2D eigenvalue weighted by atomic mass is 15.5. The van der Waals surface area contributed by atoms with E-state index in [0.29, 0.717) is 6.67 Å². The molecule has 0 saturated heterocycles. The summed E-state index contributed by atoms with van der Waals surface area (Å²) in [6.07, 6.45) is 0. The molecule has 0 spiro atoms. The Morgan fingerprint density at radius 3 is 2.15 bits per heavy atom. The molecule has 0 bridgehead atoms. The van der Waals surface area contributed by atoms with E-state index in [4.69, 9.17) is 0 Å². The molecule has 4 heteroatoms. The van der Waals surface area contributed by atoms with Gasteiger partial charge in [0.15, 0.2) is 0 Å². The first-order chi connectivity index (χ1) is 6.25. The van der Waals surface area contributed by atoms with Gasteiger partial charge in [0.05, 0.1) is 0 Å². The van der Waals surface area contributed by atoms with E-state index in [9.17, 15) is 0 Å². The molecular weight excluding hydrogens is 164 g/mol. The number of nitrogens with zero attached hydrogens (tertiary/aromatic N) is 4. The molecule has 0 atom stereocenters. The SMILES string of the molecule is CN(C)Cn1nc2ccccc2n1. The minimum atomic E-state index is 0.717. The molecule has 13 heavy (non-hydrogen) atoms. The number of rotatable bonds is 2. The molecule has 0 unspecified atom stereocenters. The first kappa shape index (κ1) is 8.19. The van der Waals surface area contributed by atoms with Gasteiger partial charge >= 0.3 is 0 Å². The molecule has 0 fully saturated rings. The van der Waals surface area contributed by atoms with Crippen LogP contribution in [0.3, 0.4) is 0 Å². The quantitative estimate of drug-likeness (QED) is 0.683. The van der Waals surface area contributed by atoms with Crippen molar-refractivity contribution in [3.63, 3.8) is 0 Å². The summed E-state index contributed by atoms with van der Waals surface area (Å²) >= 11 is 0. The minimum Gasteiger partial charge on any atom is -0.289 e. The lowest BCUT2D eigenvalue weighted by Gasteiger charge is -2.06. The smallest absolute Gasteiger partial charge is 0.113 e. The Labute approximate surface area is 76.8 Å². The van der Waals surface area contributed by atoms with Crippen molar-refractivity contribution in [3.05, 3.63) is 24.3 Å². The molecule has 1 aromatic carbocycles. The maximum Gasteiger partial charge on any atom is 0.113 e. The third-order valence-electron chi connectivity index (χ3n) is 1.74. The van der Waals surface area contributed by atoms with Crippen LogP contribution in [0.2, 0.25) is 0 Å². The third-order valence-corrected chi connectivity index (χ3v) is 1.74. The van der Waals surface area contributed by atoms with Gasteiger partial charge in [0.25, 0.3) is 0 Å². The number of aromatic nitrogens is 3. The molecule has 2 rings (SSSR count). The van der Waals surface area contributed by atoms with Crippen LogP contribution in [-0.4, -0.2) is 34.0 Å². The van der Waals surface area contributed by atoms with Crippen LogP contribution in [0.1, 0.15) is 0 Å². The molecule has 0 aliphatic rings. The first-order valence-corrected chi connectivity index (χ1v) is 4.20. The monoisotopic (exact) mass is 176 g/mol. The Balaban J connectivity index is 2.38. The van der Waals surface area contributed by atoms with Crippen LogP contribution >= 0.6 is 0 Å². The van der Waals surface area contributed by atoms with Crippen LogP contribution < -0.4 is 0 Å². The number of hydrogen-bond acceptors (Lipinski definition) is 3. The second kappa shape index (κ2) is 3.14.